The maximum absolute atomic E-state index is 13.8. The monoisotopic (exact) mass is 290 g/mol. The zero-order valence-corrected chi connectivity index (χ0v) is 12.1. The SMILES string of the molecule is CC(C)C(O)CC(=O)Nc1cc(-n2cccc2)ccc1F. The lowest BCUT2D eigenvalue weighted by atomic mass is 10.0. The second kappa shape index (κ2) is 6.54. The van der Waals surface area contributed by atoms with Gasteiger partial charge < -0.3 is 15.0 Å². The zero-order valence-electron chi connectivity index (χ0n) is 12.1. The fraction of sp³-hybridized carbons (Fsp3) is 0.312. The fourth-order valence-electron chi connectivity index (χ4n) is 1.90. The minimum absolute atomic E-state index is 0.0215. The standard InChI is InChI=1S/C16H19FN2O2/c1-11(2)15(20)10-16(21)18-14-9-12(5-6-13(14)17)19-7-3-4-8-19/h3-9,11,15,20H,10H2,1-2H3,(H,18,21). The van der Waals surface area contributed by atoms with Crippen molar-refractivity contribution in [1.29, 1.82) is 0 Å². The molecule has 5 heteroatoms. The molecule has 1 atom stereocenters. The van der Waals surface area contributed by atoms with Crippen molar-refractivity contribution in [2.45, 2.75) is 26.4 Å². The number of carbonyl (C=O) groups is 1. The highest BCUT2D eigenvalue weighted by molar-refractivity contribution is 5.91. The normalized spacial score (nSPS) is 12.4. The lowest BCUT2D eigenvalue weighted by molar-refractivity contribution is -0.118. The van der Waals surface area contributed by atoms with Gasteiger partial charge in [0.15, 0.2) is 0 Å². The lowest BCUT2D eigenvalue weighted by Gasteiger charge is -2.14. The van der Waals surface area contributed by atoms with Gasteiger partial charge in [-0.15, -0.1) is 0 Å². The van der Waals surface area contributed by atoms with Crippen LogP contribution >= 0.6 is 0 Å². The summed E-state index contributed by atoms with van der Waals surface area (Å²) in [6.07, 6.45) is 2.88. The van der Waals surface area contributed by atoms with Gasteiger partial charge in [-0.2, -0.15) is 0 Å². The van der Waals surface area contributed by atoms with Gasteiger partial charge >= 0.3 is 0 Å². The van der Waals surface area contributed by atoms with E-state index in [0.29, 0.717) is 0 Å². The molecule has 0 fully saturated rings. The van der Waals surface area contributed by atoms with E-state index in [1.807, 2.05) is 42.9 Å². The van der Waals surface area contributed by atoms with E-state index in [1.165, 1.54) is 6.07 Å². The van der Waals surface area contributed by atoms with Gasteiger partial charge in [0.05, 0.1) is 18.2 Å². The summed E-state index contributed by atoms with van der Waals surface area (Å²) in [6, 6.07) is 8.23. The summed E-state index contributed by atoms with van der Waals surface area (Å²) in [5, 5.41) is 12.2. The van der Waals surface area contributed by atoms with Crippen molar-refractivity contribution in [2.24, 2.45) is 5.92 Å². The average molecular weight is 290 g/mol. The van der Waals surface area contributed by atoms with Crippen LogP contribution in [-0.2, 0) is 4.79 Å². The first kappa shape index (κ1) is 15.3. The van der Waals surface area contributed by atoms with Gasteiger partial charge in [-0.05, 0) is 36.2 Å². The first-order valence-corrected chi connectivity index (χ1v) is 6.88. The van der Waals surface area contributed by atoms with Crippen LogP contribution in [0, 0.1) is 11.7 Å². The molecule has 2 N–H and O–H groups in total. The molecule has 1 aromatic heterocycles. The fourth-order valence-corrected chi connectivity index (χ4v) is 1.90. The van der Waals surface area contributed by atoms with Crippen LogP contribution in [0.5, 0.6) is 0 Å². The van der Waals surface area contributed by atoms with E-state index in [2.05, 4.69) is 5.32 Å². The largest absolute Gasteiger partial charge is 0.392 e. The topological polar surface area (TPSA) is 54.3 Å². The van der Waals surface area contributed by atoms with E-state index in [-0.39, 0.29) is 18.0 Å². The molecule has 0 aliphatic rings. The average Bonchev–Trinajstić information content (AvgIpc) is 2.95. The van der Waals surface area contributed by atoms with E-state index in [4.69, 9.17) is 0 Å². The predicted molar refractivity (Wildman–Crippen MR) is 79.8 cm³/mol. The Morgan fingerprint density at radius 2 is 2.00 bits per heavy atom. The molecular formula is C16H19FN2O2. The molecule has 0 bridgehead atoms. The first-order chi connectivity index (χ1) is 9.97. The summed E-state index contributed by atoms with van der Waals surface area (Å²) < 4.78 is 15.6. The van der Waals surface area contributed by atoms with Crippen LogP contribution in [-0.4, -0.2) is 21.7 Å². The smallest absolute Gasteiger partial charge is 0.227 e. The molecule has 4 nitrogen and oxygen atoms in total. The van der Waals surface area contributed by atoms with Crippen LogP contribution in [0.15, 0.2) is 42.7 Å². The number of nitrogens with one attached hydrogen (secondary N) is 1. The van der Waals surface area contributed by atoms with Crippen LogP contribution in [0.2, 0.25) is 0 Å². The number of aromatic nitrogens is 1. The van der Waals surface area contributed by atoms with Crippen molar-refractivity contribution in [3.8, 4) is 5.69 Å². The summed E-state index contributed by atoms with van der Waals surface area (Å²) in [4.78, 5) is 11.8. The van der Waals surface area contributed by atoms with Gasteiger partial charge in [-0.3, -0.25) is 4.79 Å². The number of rotatable bonds is 5. The number of aliphatic hydroxyl groups excluding tert-OH is 1. The van der Waals surface area contributed by atoms with E-state index < -0.39 is 17.8 Å². The van der Waals surface area contributed by atoms with Crippen LogP contribution in [0.1, 0.15) is 20.3 Å². The van der Waals surface area contributed by atoms with Crippen LogP contribution in [0.3, 0.4) is 0 Å². The number of hydrogen-bond donors (Lipinski definition) is 2. The Hall–Kier alpha value is -2.14. The van der Waals surface area contributed by atoms with Crippen molar-refractivity contribution >= 4 is 11.6 Å². The van der Waals surface area contributed by atoms with Gasteiger partial charge in [0.1, 0.15) is 5.82 Å². The summed E-state index contributed by atoms with van der Waals surface area (Å²) in [7, 11) is 0. The van der Waals surface area contributed by atoms with Crippen molar-refractivity contribution in [3.63, 3.8) is 0 Å². The highest BCUT2D eigenvalue weighted by atomic mass is 19.1. The number of nitrogens with zero attached hydrogens (tertiary/aromatic N) is 1. The molecule has 1 heterocycles. The van der Waals surface area contributed by atoms with Gasteiger partial charge in [0.25, 0.3) is 0 Å². The van der Waals surface area contributed by atoms with Gasteiger partial charge in [-0.25, -0.2) is 4.39 Å². The van der Waals surface area contributed by atoms with Gasteiger partial charge in [-0.1, -0.05) is 13.8 Å². The zero-order chi connectivity index (χ0) is 15.4. The van der Waals surface area contributed by atoms with E-state index in [1.54, 1.807) is 12.1 Å². The number of halogens is 1. The minimum Gasteiger partial charge on any atom is -0.392 e. The lowest BCUT2D eigenvalue weighted by Crippen LogP contribution is -2.24. The second-order valence-electron chi connectivity index (χ2n) is 5.32. The molecule has 2 aromatic rings. The molecule has 0 saturated heterocycles. The van der Waals surface area contributed by atoms with Crippen molar-refractivity contribution < 1.29 is 14.3 Å². The molecular weight excluding hydrogens is 271 g/mol. The molecule has 0 aliphatic carbocycles. The third-order valence-corrected chi connectivity index (χ3v) is 3.29. The molecule has 112 valence electrons. The molecule has 0 spiro atoms. The Bertz CT molecular complexity index is 609. The van der Waals surface area contributed by atoms with Crippen molar-refractivity contribution in [3.05, 3.63) is 48.5 Å². The molecule has 2 rings (SSSR count). The quantitative estimate of drug-likeness (QED) is 0.889. The Balaban J connectivity index is 2.12. The number of carbonyl (C=O) groups excluding carboxylic acids is 1. The van der Waals surface area contributed by atoms with E-state index >= 15 is 0 Å². The number of aliphatic hydroxyl groups is 1. The van der Waals surface area contributed by atoms with E-state index in [9.17, 15) is 14.3 Å². The highest BCUT2D eigenvalue weighted by Crippen LogP contribution is 2.20. The molecule has 0 aliphatic heterocycles. The van der Waals surface area contributed by atoms with Crippen molar-refractivity contribution in [2.75, 3.05) is 5.32 Å². The Morgan fingerprint density at radius 1 is 1.33 bits per heavy atom. The number of anilines is 1. The molecule has 0 saturated carbocycles. The van der Waals surface area contributed by atoms with Crippen molar-refractivity contribution in [1.82, 2.24) is 4.57 Å². The molecule has 0 radical (unpaired) electrons. The number of hydrogen-bond acceptors (Lipinski definition) is 2. The summed E-state index contributed by atoms with van der Waals surface area (Å²) in [5.41, 5.74) is 0.864. The Morgan fingerprint density at radius 3 is 2.62 bits per heavy atom. The maximum atomic E-state index is 13.8. The Labute approximate surface area is 123 Å². The van der Waals surface area contributed by atoms with Crippen LogP contribution < -0.4 is 5.32 Å². The third kappa shape index (κ3) is 3.92. The summed E-state index contributed by atoms with van der Waals surface area (Å²) in [6.45, 7) is 3.65. The predicted octanol–water partition coefficient (Wildman–Crippen LogP) is 2.96. The van der Waals surface area contributed by atoms with Crippen LogP contribution in [0.25, 0.3) is 5.69 Å². The first-order valence-electron chi connectivity index (χ1n) is 6.88. The Kier molecular flexibility index (Phi) is 4.75. The molecule has 21 heavy (non-hydrogen) atoms. The maximum Gasteiger partial charge on any atom is 0.227 e. The third-order valence-electron chi connectivity index (χ3n) is 3.29. The number of amides is 1. The second-order valence-corrected chi connectivity index (χ2v) is 5.32. The van der Waals surface area contributed by atoms with Crippen LogP contribution in [0.4, 0.5) is 10.1 Å². The molecule has 1 aromatic carbocycles. The van der Waals surface area contributed by atoms with Gasteiger partial charge in [0, 0.05) is 18.1 Å². The molecule has 1 amide bonds. The van der Waals surface area contributed by atoms with Gasteiger partial charge in [0.2, 0.25) is 5.91 Å². The molecule has 1 unspecified atom stereocenters. The number of benzene rings is 1. The highest BCUT2D eigenvalue weighted by Gasteiger charge is 2.15. The van der Waals surface area contributed by atoms with E-state index in [0.717, 1.165) is 5.69 Å². The summed E-state index contributed by atoms with van der Waals surface area (Å²) in [5.74, 6) is -0.926. The summed E-state index contributed by atoms with van der Waals surface area (Å²) >= 11 is 0. The minimum atomic E-state index is -0.735.